The molecule has 0 spiro atoms. The smallest absolute Gasteiger partial charge is 0.411 e. The number of para-hydroxylation sites is 1. The van der Waals surface area contributed by atoms with E-state index in [-0.39, 0.29) is 12.3 Å². The molecule has 6 heteroatoms. The van der Waals surface area contributed by atoms with Crippen molar-refractivity contribution in [3.05, 3.63) is 42.1 Å². The average molecular weight is 260 g/mol. The van der Waals surface area contributed by atoms with Gasteiger partial charge in [0.15, 0.2) is 0 Å². The van der Waals surface area contributed by atoms with Crippen LogP contribution in [0.3, 0.4) is 0 Å². The van der Waals surface area contributed by atoms with Gasteiger partial charge < -0.3 is 4.74 Å². The zero-order valence-electron chi connectivity index (χ0n) is 10.3. The molecule has 6 nitrogen and oxygen atoms in total. The van der Waals surface area contributed by atoms with Gasteiger partial charge in [0.1, 0.15) is 5.70 Å². The highest BCUT2D eigenvalue weighted by Crippen LogP contribution is 2.20. The maximum atomic E-state index is 12.0. The number of anilines is 1. The lowest BCUT2D eigenvalue weighted by Crippen LogP contribution is -2.35. The third-order valence-corrected chi connectivity index (χ3v) is 2.45. The number of ether oxygens (including phenoxy) is 1. The maximum Gasteiger partial charge on any atom is 0.411 e. The third kappa shape index (κ3) is 2.62. The first kappa shape index (κ1) is 12.8. The van der Waals surface area contributed by atoms with Crippen molar-refractivity contribution < 1.29 is 19.1 Å². The molecule has 1 N–H and O–H groups in total. The highest BCUT2D eigenvalue weighted by Gasteiger charge is 2.33. The number of carbonyl (C=O) groups excluding carboxylic acids is 3. The van der Waals surface area contributed by atoms with Crippen LogP contribution in [0.5, 0.6) is 0 Å². The minimum absolute atomic E-state index is 0.0905. The molecule has 0 radical (unpaired) electrons. The van der Waals surface area contributed by atoms with E-state index in [1.54, 1.807) is 37.3 Å². The summed E-state index contributed by atoms with van der Waals surface area (Å²) in [6, 6.07) is 8.48. The Hall–Kier alpha value is -2.63. The Morgan fingerprint density at radius 2 is 1.95 bits per heavy atom. The maximum absolute atomic E-state index is 12.0. The van der Waals surface area contributed by atoms with E-state index in [9.17, 15) is 14.4 Å². The van der Waals surface area contributed by atoms with Gasteiger partial charge in [-0.15, -0.1) is 0 Å². The molecule has 0 aliphatic carbocycles. The van der Waals surface area contributed by atoms with Gasteiger partial charge in [0.2, 0.25) is 0 Å². The summed E-state index contributed by atoms with van der Waals surface area (Å²) in [5.74, 6) is -1.08. The van der Waals surface area contributed by atoms with Crippen LogP contribution in [0.15, 0.2) is 42.1 Å². The minimum Gasteiger partial charge on any atom is -0.450 e. The topological polar surface area (TPSA) is 75.7 Å². The Bertz CT molecular complexity index is 551. The zero-order valence-corrected chi connectivity index (χ0v) is 10.3. The number of alkyl carbamates (subject to hydrolysis) is 1. The highest BCUT2D eigenvalue weighted by molar-refractivity contribution is 6.30. The largest absolute Gasteiger partial charge is 0.450 e. The number of hydrogen-bond acceptors (Lipinski definition) is 4. The number of rotatable bonds is 3. The molecule has 0 unspecified atom stereocenters. The summed E-state index contributed by atoms with van der Waals surface area (Å²) < 4.78 is 4.66. The quantitative estimate of drug-likeness (QED) is 0.828. The lowest BCUT2D eigenvalue weighted by molar-refractivity contribution is -0.120. The van der Waals surface area contributed by atoms with Crippen molar-refractivity contribution in [2.24, 2.45) is 0 Å². The number of hydrogen-bond donors (Lipinski definition) is 1. The molecule has 1 heterocycles. The standard InChI is InChI=1S/C13H12N2O4/c1-2-19-13(18)14-10-8-11(16)15(12(10)17)9-6-4-3-5-7-9/h3-8H,2H2,1H3,(H,14,18). The Morgan fingerprint density at radius 1 is 1.26 bits per heavy atom. The second kappa shape index (κ2) is 5.34. The second-order valence-electron chi connectivity index (χ2n) is 3.72. The summed E-state index contributed by atoms with van der Waals surface area (Å²) in [5.41, 5.74) is 0.363. The number of nitrogens with one attached hydrogen (secondary N) is 1. The summed E-state index contributed by atoms with van der Waals surface area (Å²) in [6.07, 6.45) is 0.316. The van der Waals surface area contributed by atoms with Crippen molar-refractivity contribution in [3.8, 4) is 0 Å². The van der Waals surface area contributed by atoms with Crippen LogP contribution >= 0.6 is 0 Å². The first-order valence-corrected chi connectivity index (χ1v) is 5.72. The van der Waals surface area contributed by atoms with Crippen molar-refractivity contribution in [2.45, 2.75) is 6.92 Å². The average Bonchev–Trinajstić information content (AvgIpc) is 2.66. The van der Waals surface area contributed by atoms with Crippen LogP contribution in [-0.4, -0.2) is 24.5 Å². The van der Waals surface area contributed by atoms with E-state index in [0.717, 1.165) is 11.0 Å². The van der Waals surface area contributed by atoms with Crippen molar-refractivity contribution in [1.29, 1.82) is 0 Å². The molecule has 1 aromatic rings. The Balaban J connectivity index is 2.15. The first-order chi connectivity index (χ1) is 9.13. The van der Waals surface area contributed by atoms with Gasteiger partial charge in [-0.3, -0.25) is 14.9 Å². The molecule has 0 bridgehead atoms. The molecule has 2 rings (SSSR count). The lowest BCUT2D eigenvalue weighted by atomic mass is 10.3. The van der Waals surface area contributed by atoms with E-state index in [1.165, 1.54) is 0 Å². The molecule has 1 aromatic carbocycles. The number of benzene rings is 1. The van der Waals surface area contributed by atoms with Crippen molar-refractivity contribution in [1.82, 2.24) is 5.32 Å². The summed E-state index contributed by atoms with van der Waals surface area (Å²) in [7, 11) is 0. The van der Waals surface area contributed by atoms with Crippen molar-refractivity contribution in [2.75, 3.05) is 11.5 Å². The van der Waals surface area contributed by atoms with E-state index < -0.39 is 17.9 Å². The molecule has 3 amide bonds. The Labute approximate surface area is 109 Å². The summed E-state index contributed by atoms with van der Waals surface area (Å²) in [6.45, 7) is 1.83. The zero-order chi connectivity index (χ0) is 13.8. The monoisotopic (exact) mass is 260 g/mol. The predicted octanol–water partition coefficient (Wildman–Crippen LogP) is 1.19. The van der Waals surface area contributed by atoms with E-state index >= 15 is 0 Å². The van der Waals surface area contributed by atoms with E-state index in [4.69, 9.17) is 0 Å². The fourth-order valence-electron chi connectivity index (χ4n) is 1.66. The van der Waals surface area contributed by atoms with Crippen LogP contribution < -0.4 is 10.2 Å². The summed E-state index contributed by atoms with van der Waals surface area (Å²) in [4.78, 5) is 36.0. The normalized spacial score (nSPS) is 14.4. The molecule has 19 heavy (non-hydrogen) atoms. The fraction of sp³-hybridized carbons (Fsp3) is 0.154. The molecule has 0 fully saturated rings. The minimum atomic E-state index is -0.759. The number of amides is 3. The van der Waals surface area contributed by atoms with Crippen molar-refractivity contribution in [3.63, 3.8) is 0 Å². The molecule has 0 saturated heterocycles. The summed E-state index contributed by atoms with van der Waals surface area (Å²) in [5, 5.41) is 2.25. The molecule has 0 atom stereocenters. The first-order valence-electron chi connectivity index (χ1n) is 5.72. The van der Waals surface area contributed by atoms with Crippen LogP contribution in [0.2, 0.25) is 0 Å². The van der Waals surface area contributed by atoms with Crippen molar-refractivity contribution >= 4 is 23.6 Å². The van der Waals surface area contributed by atoms with Gasteiger partial charge in [-0.1, -0.05) is 18.2 Å². The van der Waals surface area contributed by atoms with Crippen LogP contribution in [0.25, 0.3) is 0 Å². The summed E-state index contributed by atoms with van der Waals surface area (Å²) >= 11 is 0. The second-order valence-corrected chi connectivity index (χ2v) is 3.72. The molecular formula is C13H12N2O4. The molecule has 1 aliphatic heterocycles. The van der Waals surface area contributed by atoms with Crippen LogP contribution in [-0.2, 0) is 14.3 Å². The number of carbonyl (C=O) groups is 3. The van der Waals surface area contributed by atoms with Crippen LogP contribution in [0, 0.1) is 0 Å². The SMILES string of the molecule is CCOC(=O)NC1=CC(=O)N(c2ccccc2)C1=O. The van der Waals surface area contributed by atoms with Crippen LogP contribution in [0.4, 0.5) is 10.5 Å². The molecule has 0 saturated carbocycles. The van der Waals surface area contributed by atoms with Gasteiger partial charge >= 0.3 is 6.09 Å². The number of imide groups is 1. The lowest BCUT2D eigenvalue weighted by Gasteiger charge is -2.14. The molecule has 0 aromatic heterocycles. The van der Waals surface area contributed by atoms with E-state index in [0.29, 0.717) is 5.69 Å². The van der Waals surface area contributed by atoms with Gasteiger partial charge in [-0.2, -0.15) is 0 Å². The molecule has 1 aliphatic rings. The van der Waals surface area contributed by atoms with E-state index in [2.05, 4.69) is 10.1 Å². The van der Waals surface area contributed by atoms with E-state index in [1.807, 2.05) is 0 Å². The molecule has 98 valence electrons. The Morgan fingerprint density at radius 3 is 2.58 bits per heavy atom. The van der Waals surface area contributed by atoms with Gasteiger partial charge in [-0.05, 0) is 19.1 Å². The predicted molar refractivity (Wildman–Crippen MR) is 67.2 cm³/mol. The number of nitrogens with zero attached hydrogens (tertiary/aromatic N) is 1. The van der Waals surface area contributed by atoms with Gasteiger partial charge in [0.05, 0.1) is 12.3 Å². The highest BCUT2D eigenvalue weighted by atomic mass is 16.5. The third-order valence-electron chi connectivity index (χ3n) is 2.45. The van der Waals surface area contributed by atoms with Gasteiger partial charge in [0.25, 0.3) is 11.8 Å². The van der Waals surface area contributed by atoms with Crippen LogP contribution in [0.1, 0.15) is 6.92 Å². The fourth-order valence-corrected chi connectivity index (χ4v) is 1.66. The van der Waals surface area contributed by atoms with Gasteiger partial charge in [-0.25, -0.2) is 9.69 Å². The Kier molecular flexibility index (Phi) is 3.61. The van der Waals surface area contributed by atoms with Gasteiger partial charge in [0, 0.05) is 6.08 Å². The molecular weight excluding hydrogens is 248 g/mol.